The Hall–Kier alpha value is -1.01. The van der Waals surface area contributed by atoms with Gasteiger partial charge in [0.25, 0.3) is 0 Å². The fraction of sp³-hybridized carbons (Fsp3) is 0.667. The van der Waals surface area contributed by atoms with Gasteiger partial charge in [0.15, 0.2) is 0 Å². The van der Waals surface area contributed by atoms with Crippen molar-refractivity contribution in [1.82, 2.24) is 14.9 Å². The molecule has 0 spiro atoms. The Labute approximate surface area is 92.4 Å². The number of rotatable bonds is 4. The van der Waals surface area contributed by atoms with Crippen molar-refractivity contribution >= 4 is 22.4 Å². The van der Waals surface area contributed by atoms with E-state index in [1.54, 1.807) is 6.20 Å². The van der Waals surface area contributed by atoms with E-state index in [-0.39, 0.29) is 5.91 Å². The number of nitrogens with one attached hydrogen (secondary N) is 2. The van der Waals surface area contributed by atoms with E-state index in [9.17, 15) is 4.79 Å². The molecule has 0 aliphatic carbocycles. The van der Waals surface area contributed by atoms with E-state index in [1.807, 2.05) is 0 Å². The second kappa shape index (κ2) is 5.18. The van der Waals surface area contributed by atoms with Crippen molar-refractivity contribution in [2.45, 2.75) is 19.3 Å². The highest BCUT2D eigenvalue weighted by Gasteiger charge is 2.15. The second-order valence-electron chi connectivity index (χ2n) is 3.73. The first-order valence-corrected chi connectivity index (χ1v) is 5.90. The summed E-state index contributed by atoms with van der Waals surface area (Å²) in [6, 6.07) is 0. The highest BCUT2D eigenvalue weighted by Crippen LogP contribution is 2.15. The zero-order valence-corrected chi connectivity index (χ0v) is 9.22. The number of hydrogen-bond acceptors (Lipinski definition) is 5. The molecule has 1 atom stereocenters. The van der Waals surface area contributed by atoms with Gasteiger partial charge in [-0.15, -0.1) is 5.10 Å². The van der Waals surface area contributed by atoms with E-state index in [0.717, 1.165) is 24.5 Å². The molecule has 6 heteroatoms. The molecule has 2 N–H and O–H groups in total. The Morgan fingerprint density at radius 1 is 1.73 bits per heavy atom. The van der Waals surface area contributed by atoms with Gasteiger partial charge in [0.05, 0.1) is 6.20 Å². The average molecular weight is 226 g/mol. The smallest absolute Gasteiger partial charge is 0.225 e. The summed E-state index contributed by atoms with van der Waals surface area (Å²) in [5.74, 6) is 0.725. The number of anilines is 1. The van der Waals surface area contributed by atoms with E-state index in [1.165, 1.54) is 18.0 Å². The molecule has 1 fully saturated rings. The normalized spacial score (nSPS) is 20.4. The molecule has 5 nitrogen and oxygen atoms in total. The van der Waals surface area contributed by atoms with E-state index in [4.69, 9.17) is 0 Å². The maximum Gasteiger partial charge on any atom is 0.225 e. The number of carbonyl (C=O) groups is 1. The molecule has 1 aliphatic heterocycles. The summed E-state index contributed by atoms with van der Waals surface area (Å²) in [5.41, 5.74) is 0. The van der Waals surface area contributed by atoms with Gasteiger partial charge < -0.3 is 10.6 Å². The van der Waals surface area contributed by atoms with Crippen molar-refractivity contribution < 1.29 is 4.79 Å². The lowest BCUT2D eigenvalue weighted by molar-refractivity contribution is -0.116. The van der Waals surface area contributed by atoms with Gasteiger partial charge in [-0.1, -0.05) is 4.49 Å². The molecule has 1 amide bonds. The maximum atomic E-state index is 11.5. The topological polar surface area (TPSA) is 66.9 Å². The number of aromatic nitrogens is 2. The molecule has 1 unspecified atom stereocenters. The quantitative estimate of drug-likeness (QED) is 0.799. The average Bonchev–Trinajstić information content (AvgIpc) is 2.86. The minimum atomic E-state index is 0.0629. The first kappa shape index (κ1) is 10.5. The summed E-state index contributed by atoms with van der Waals surface area (Å²) in [6.07, 6.45) is 4.31. The van der Waals surface area contributed by atoms with Crippen LogP contribution in [0.25, 0.3) is 0 Å². The summed E-state index contributed by atoms with van der Waals surface area (Å²) in [7, 11) is 0. The van der Waals surface area contributed by atoms with Crippen LogP contribution in [0.4, 0.5) is 5.00 Å². The molecular weight excluding hydrogens is 212 g/mol. The predicted molar refractivity (Wildman–Crippen MR) is 58.7 cm³/mol. The van der Waals surface area contributed by atoms with Gasteiger partial charge in [0, 0.05) is 18.0 Å². The lowest BCUT2D eigenvalue weighted by Crippen LogP contribution is -2.14. The van der Waals surface area contributed by atoms with Gasteiger partial charge in [-0.05, 0) is 31.8 Å². The molecule has 2 heterocycles. The van der Waals surface area contributed by atoms with Crippen LogP contribution in [0.5, 0.6) is 0 Å². The van der Waals surface area contributed by atoms with Gasteiger partial charge in [-0.3, -0.25) is 4.79 Å². The van der Waals surface area contributed by atoms with Crippen LogP contribution in [0.3, 0.4) is 0 Å². The summed E-state index contributed by atoms with van der Waals surface area (Å²) >= 11 is 1.20. The van der Waals surface area contributed by atoms with Crippen LogP contribution in [0.1, 0.15) is 19.3 Å². The number of carbonyl (C=O) groups excluding carboxylic acids is 1. The molecular formula is C9H14N4OS. The van der Waals surface area contributed by atoms with Crippen molar-refractivity contribution in [2.75, 3.05) is 18.4 Å². The zero-order valence-electron chi connectivity index (χ0n) is 8.40. The Morgan fingerprint density at radius 3 is 3.33 bits per heavy atom. The van der Waals surface area contributed by atoms with Crippen LogP contribution in [-0.2, 0) is 4.79 Å². The van der Waals surface area contributed by atoms with Gasteiger partial charge in [-0.25, -0.2) is 0 Å². The predicted octanol–water partition coefficient (Wildman–Crippen LogP) is 0.866. The minimum Gasteiger partial charge on any atom is -0.316 e. The zero-order chi connectivity index (χ0) is 10.5. The van der Waals surface area contributed by atoms with Crippen molar-refractivity contribution in [3.8, 4) is 0 Å². The van der Waals surface area contributed by atoms with Crippen LogP contribution in [-0.4, -0.2) is 28.6 Å². The molecule has 15 heavy (non-hydrogen) atoms. The molecule has 0 aromatic carbocycles. The standard InChI is InChI=1S/C9H14N4OS/c14-8(12-9-6-11-13-15-9)2-1-7-3-4-10-5-7/h6-7,10H,1-5H2,(H,12,14). The van der Waals surface area contributed by atoms with E-state index >= 15 is 0 Å². The van der Waals surface area contributed by atoms with Crippen molar-refractivity contribution in [3.63, 3.8) is 0 Å². The Balaban J connectivity index is 1.68. The minimum absolute atomic E-state index is 0.0629. The third-order valence-electron chi connectivity index (χ3n) is 2.57. The molecule has 0 radical (unpaired) electrons. The Morgan fingerprint density at radius 2 is 2.67 bits per heavy atom. The Kier molecular flexibility index (Phi) is 3.63. The first-order chi connectivity index (χ1) is 7.34. The number of hydrogen-bond donors (Lipinski definition) is 2. The summed E-state index contributed by atoms with van der Waals surface area (Å²) in [5, 5.41) is 10.5. The highest BCUT2D eigenvalue weighted by atomic mass is 32.1. The van der Waals surface area contributed by atoms with E-state index in [2.05, 4.69) is 20.2 Å². The fourth-order valence-electron chi connectivity index (χ4n) is 1.72. The molecule has 1 saturated heterocycles. The molecule has 2 rings (SSSR count). The summed E-state index contributed by atoms with van der Waals surface area (Å²) < 4.78 is 3.68. The van der Waals surface area contributed by atoms with Crippen LogP contribution in [0, 0.1) is 5.92 Å². The van der Waals surface area contributed by atoms with Crippen LogP contribution in [0.15, 0.2) is 6.20 Å². The lowest BCUT2D eigenvalue weighted by atomic mass is 10.0. The Bertz CT molecular complexity index is 308. The molecule has 82 valence electrons. The molecule has 0 bridgehead atoms. The highest BCUT2D eigenvalue weighted by molar-refractivity contribution is 7.10. The fourth-order valence-corrected chi connectivity index (χ4v) is 2.15. The maximum absolute atomic E-state index is 11.5. The summed E-state index contributed by atoms with van der Waals surface area (Å²) in [6.45, 7) is 2.14. The van der Waals surface area contributed by atoms with Crippen LogP contribution < -0.4 is 10.6 Å². The van der Waals surface area contributed by atoms with Crippen LogP contribution >= 0.6 is 11.5 Å². The molecule has 0 saturated carbocycles. The van der Waals surface area contributed by atoms with E-state index in [0.29, 0.717) is 12.3 Å². The largest absolute Gasteiger partial charge is 0.316 e. The third kappa shape index (κ3) is 3.24. The monoisotopic (exact) mass is 226 g/mol. The van der Waals surface area contributed by atoms with E-state index < -0.39 is 0 Å². The van der Waals surface area contributed by atoms with Crippen LogP contribution in [0.2, 0.25) is 0 Å². The first-order valence-electron chi connectivity index (χ1n) is 5.12. The number of nitrogens with zero attached hydrogens (tertiary/aromatic N) is 2. The number of amides is 1. The van der Waals surface area contributed by atoms with Gasteiger partial charge in [0.1, 0.15) is 5.00 Å². The third-order valence-corrected chi connectivity index (χ3v) is 3.15. The van der Waals surface area contributed by atoms with Gasteiger partial charge in [-0.2, -0.15) is 0 Å². The van der Waals surface area contributed by atoms with Gasteiger partial charge in [0.2, 0.25) is 5.91 Å². The molecule has 1 aliphatic rings. The molecule has 1 aromatic heterocycles. The van der Waals surface area contributed by atoms with Crippen molar-refractivity contribution in [2.24, 2.45) is 5.92 Å². The lowest BCUT2D eigenvalue weighted by Gasteiger charge is -2.06. The summed E-state index contributed by atoms with van der Waals surface area (Å²) in [4.78, 5) is 11.5. The van der Waals surface area contributed by atoms with Gasteiger partial charge >= 0.3 is 0 Å². The second-order valence-corrected chi connectivity index (χ2v) is 4.51. The van der Waals surface area contributed by atoms with Crippen molar-refractivity contribution in [3.05, 3.63) is 6.20 Å². The van der Waals surface area contributed by atoms with Crippen molar-refractivity contribution in [1.29, 1.82) is 0 Å². The SMILES string of the molecule is O=C(CCC1CCNC1)Nc1cnns1. The molecule has 1 aromatic rings.